The number of aryl methyl sites for hydroxylation is 3. The Bertz CT molecular complexity index is 768. The van der Waals surface area contributed by atoms with Crippen molar-refractivity contribution in [3.63, 3.8) is 0 Å². The lowest BCUT2D eigenvalue weighted by atomic mass is 10.2. The zero-order valence-corrected chi connectivity index (χ0v) is 15.3. The topological polar surface area (TPSA) is 75.1 Å². The highest BCUT2D eigenvalue weighted by molar-refractivity contribution is 7.08. The van der Waals surface area contributed by atoms with Crippen molar-refractivity contribution in [1.29, 1.82) is 0 Å². The van der Waals surface area contributed by atoms with Crippen molar-refractivity contribution in [2.45, 2.75) is 39.0 Å². The molecule has 0 N–H and O–H groups in total. The minimum Gasteiger partial charge on any atom is -0.352 e. The van der Waals surface area contributed by atoms with E-state index in [9.17, 15) is 4.79 Å². The summed E-state index contributed by atoms with van der Waals surface area (Å²) >= 11 is 1.21. The average molecular weight is 358 g/mol. The highest BCUT2D eigenvalue weighted by atomic mass is 32.1. The molecule has 1 amide bonds. The van der Waals surface area contributed by atoms with Crippen molar-refractivity contribution in [3.05, 3.63) is 27.9 Å². The summed E-state index contributed by atoms with van der Waals surface area (Å²) < 4.78 is 3.97. The summed E-state index contributed by atoms with van der Waals surface area (Å²) in [7, 11) is 0. The van der Waals surface area contributed by atoms with E-state index in [-0.39, 0.29) is 5.91 Å². The van der Waals surface area contributed by atoms with Crippen LogP contribution in [-0.2, 0) is 19.3 Å². The Balaban J connectivity index is 1.41. The number of aromatic nitrogens is 4. The maximum absolute atomic E-state index is 12.8. The normalized spacial score (nSPS) is 17.0. The zero-order chi connectivity index (χ0) is 17.2. The second-order valence-electron chi connectivity index (χ2n) is 6.61. The van der Waals surface area contributed by atoms with Crippen LogP contribution >= 0.6 is 11.5 Å². The van der Waals surface area contributed by atoms with E-state index >= 15 is 0 Å². The molecule has 3 heterocycles. The maximum Gasteiger partial charge on any atom is 0.267 e. The minimum absolute atomic E-state index is 0.0677. The summed E-state index contributed by atoms with van der Waals surface area (Å²) in [5.74, 6) is 1.01. The molecule has 0 radical (unpaired) electrons. The Hall–Kier alpha value is -2.09. The Labute approximate surface area is 151 Å². The van der Waals surface area contributed by atoms with Crippen LogP contribution in [0.25, 0.3) is 0 Å². The molecule has 4 rings (SSSR count). The van der Waals surface area contributed by atoms with Gasteiger partial charge in [-0.1, -0.05) is 17.8 Å². The van der Waals surface area contributed by atoms with Gasteiger partial charge in [-0.3, -0.25) is 4.79 Å². The zero-order valence-electron chi connectivity index (χ0n) is 14.4. The average Bonchev–Trinajstić information content (AvgIpc) is 3.30. The molecule has 25 heavy (non-hydrogen) atoms. The van der Waals surface area contributed by atoms with Gasteiger partial charge in [-0.2, -0.15) is 5.10 Å². The monoisotopic (exact) mass is 358 g/mol. The molecule has 1 saturated heterocycles. The van der Waals surface area contributed by atoms with Gasteiger partial charge in [0, 0.05) is 26.2 Å². The van der Waals surface area contributed by atoms with Crippen LogP contribution in [-0.4, -0.2) is 56.8 Å². The van der Waals surface area contributed by atoms with Gasteiger partial charge in [0.2, 0.25) is 0 Å². The fourth-order valence-electron chi connectivity index (χ4n) is 3.53. The van der Waals surface area contributed by atoms with Crippen LogP contribution in [0.5, 0.6) is 0 Å². The van der Waals surface area contributed by atoms with E-state index < -0.39 is 0 Å². The van der Waals surface area contributed by atoms with Crippen LogP contribution in [0, 0.1) is 0 Å². The van der Waals surface area contributed by atoms with E-state index in [1.54, 1.807) is 0 Å². The molecule has 2 aromatic rings. The van der Waals surface area contributed by atoms with Gasteiger partial charge in [-0.25, -0.2) is 0 Å². The van der Waals surface area contributed by atoms with Gasteiger partial charge < -0.3 is 9.80 Å². The SMILES string of the molecule is CCCc1nnsc1C(=O)N1CCN(c2cc3c(nn2)CCC3)CC1. The molecule has 8 heteroatoms. The summed E-state index contributed by atoms with van der Waals surface area (Å²) in [4.78, 5) is 17.6. The lowest BCUT2D eigenvalue weighted by Crippen LogP contribution is -2.49. The Morgan fingerprint density at radius 1 is 1.16 bits per heavy atom. The van der Waals surface area contributed by atoms with E-state index in [0.717, 1.165) is 56.0 Å². The molecule has 132 valence electrons. The number of piperazine rings is 1. The lowest BCUT2D eigenvalue weighted by Gasteiger charge is -2.35. The smallest absolute Gasteiger partial charge is 0.267 e. The van der Waals surface area contributed by atoms with E-state index in [1.165, 1.54) is 23.5 Å². The van der Waals surface area contributed by atoms with Gasteiger partial charge in [0.25, 0.3) is 5.91 Å². The van der Waals surface area contributed by atoms with E-state index in [4.69, 9.17) is 0 Å². The number of carbonyl (C=O) groups is 1. The molecule has 7 nitrogen and oxygen atoms in total. The van der Waals surface area contributed by atoms with Crippen molar-refractivity contribution in [2.75, 3.05) is 31.1 Å². The van der Waals surface area contributed by atoms with Crippen molar-refractivity contribution in [1.82, 2.24) is 24.7 Å². The fraction of sp³-hybridized carbons (Fsp3) is 0.588. The van der Waals surface area contributed by atoms with Gasteiger partial charge in [-0.05, 0) is 48.8 Å². The molecular weight excluding hydrogens is 336 g/mol. The molecule has 1 aliphatic heterocycles. The van der Waals surface area contributed by atoms with Crippen molar-refractivity contribution >= 4 is 23.3 Å². The molecule has 2 aromatic heterocycles. The Kier molecular flexibility index (Phi) is 4.61. The highest BCUT2D eigenvalue weighted by Crippen LogP contribution is 2.24. The molecule has 0 saturated carbocycles. The first-order chi connectivity index (χ1) is 12.3. The van der Waals surface area contributed by atoms with E-state index in [0.29, 0.717) is 18.0 Å². The predicted octanol–water partition coefficient (Wildman–Crippen LogP) is 1.73. The van der Waals surface area contributed by atoms with Crippen LogP contribution in [0.3, 0.4) is 0 Å². The molecule has 0 bridgehead atoms. The number of hydrogen-bond acceptors (Lipinski definition) is 7. The first-order valence-electron chi connectivity index (χ1n) is 8.97. The van der Waals surface area contributed by atoms with Crippen LogP contribution in [0.4, 0.5) is 5.82 Å². The summed E-state index contributed by atoms with van der Waals surface area (Å²) in [6.07, 6.45) is 5.11. The third kappa shape index (κ3) is 3.22. The third-order valence-corrected chi connectivity index (χ3v) is 5.69. The molecule has 2 aliphatic rings. The van der Waals surface area contributed by atoms with Crippen LogP contribution in [0.2, 0.25) is 0 Å². The number of anilines is 1. The van der Waals surface area contributed by atoms with Crippen molar-refractivity contribution in [2.24, 2.45) is 0 Å². The summed E-state index contributed by atoms with van der Waals surface area (Å²) in [6.45, 7) is 5.05. The maximum atomic E-state index is 12.8. The van der Waals surface area contributed by atoms with Gasteiger partial charge in [-0.15, -0.1) is 10.2 Å². The molecule has 1 aliphatic carbocycles. The highest BCUT2D eigenvalue weighted by Gasteiger charge is 2.27. The fourth-order valence-corrected chi connectivity index (χ4v) is 4.20. The summed E-state index contributed by atoms with van der Waals surface area (Å²) in [5.41, 5.74) is 3.33. The number of rotatable bonds is 4. The van der Waals surface area contributed by atoms with E-state index in [2.05, 4.69) is 37.7 Å². The summed E-state index contributed by atoms with van der Waals surface area (Å²) in [5, 5.41) is 12.9. The van der Waals surface area contributed by atoms with Gasteiger partial charge in [0.1, 0.15) is 4.88 Å². The van der Waals surface area contributed by atoms with Crippen LogP contribution < -0.4 is 4.90 Å². The number of amides is 1. The van der Waals surface area contributed by atoms with Crippen LogP contribution in [0.1, 0.15) is 46.4 Å². The minimum atomic E-state index is 0.0677. The number of hydrogen-bond donors (Lipinski definition) is 0. The van der Waals surface area contributed by atoms with Gasteiger partial charge in [0.05, 0.1) is 11.4 Å². The number of carbonyl (C=O) groups excluding carboxylic acids is 1. The predicted molar refractivity (Wildman–Crippen MR) is 96.1 cm³/mol. The van der Waals surface area contributed by atoms with Crippen molar-refractivity contribution < 1.29 is 4.79 Å². The van der Waals surface area contributed by atoms with Crippen molar-refractivity contribution in [3.8, 4) is 0 Å². The van der Waals surface area contributed by atoms with Gasteiger partial charge >= 0.3 is 0 Å². The molecule has 1 fully saturated rings. The summed E-state index contributed by atoms with van der Waals surface area (Å²) in [6, 6.07) is 2.18. The second kappa shape index (κ2) is 7.03. The molecule has 0 aromatic carbocycles. The molecule has 0 unspecified atom stereocenters. The molecular formula is C17H22N6OS. The first kappa shape index (κ1) is 16.4. The third-order valence-electron chi connectivity index (χ3n) is 4.93. The Morgan fingerprint density at radius 3 is 2.80 bits per heavy atom. The van der Waals surface area contributed by atoms with Crippen LogP contribution in [0.15, 0.2) is 6.07 Å². The largest absolute Gasteiger partial charge is 0.352 e. The van der Waals surface area contributed by atoms with E-state index in [1.807, 2.05) is 4.90 Å². The molecule has 0 atom stereocenters. The number of nitrogens with zero attached hydrogens (tertiary/aromatic N) is 6. The lowest BCUT2D eigenvalue weighted by molar-refractivity contribution is 0.0750. The molecule has 0 spiro atoms. The first-order valence-corrected chi connectivity index (χ1v) is 9.74. The Morgan fingerprint density at radius 2 is 2.00 bits per heavy atom. The second-order valence-corrected chi connectivity index (χ2v) is 7.36. The quantitative estimate of drug-likeness (QED) is 0.829. The van der Waals surface area contributed by atoms with Gasteiger partial charge in [0.15, 0.2) is 5.82 Å². The number of fused-ring (bicyclic) bond motifs is 1. The standard InChI is InChI=1S/C17H22N6OS/c1-2-4-14-16(25-21-19-14)17(24)23-9-7-22(8-10-23)15-11-12-5-3-6-13(12)18-20-15/h11H,2-10H2,1H3.